The molecule has 2 rings (SSSR count). The van der Waals surface area contributed by atoms with E-state index in [2.05, 4.69) is 36.8 Å². The number of likely N-dealkylation sites (N-methyl/N-ethyl adjacent to an activating group) is 1. The number of hydrogen-bond acceptors (Lipinski definition) is 6. The van der Waals surface area contributed by atoms with Gasteiger partial charge in [-0.05, 0) is 58.5 Å². The first-order chi connectivity index (χ1) is 12.9. The quantitative estimate of drug-likeness (QED) is 0.673. The Kier molecular flexibility index (Phi) is 8.83. The Morgan fingerprint density at radius 2 is 1.89 bits per heavy atom. The molecule has 0 radical (unpaired) electrons. The highest BCUT2D eigenvalue weighted by Gasteiger charge is 2.19. The summed E-state index contributed by atoms with van der Waals surface area (Å²) in [6, 6.07) is 6.98. The Bertz CT molecular complexity index is 561. The highest BCUT2D eigenvalue weighted by atomic mass is 16.5. The van der Waals surface area contributed by atoms with Crippen molar-refractivity contribution in [1.29, 1.82) is 0 Å². The monoisotopic (exact) mass is 380 g/mol. The zero-order valence-electron chi connectivity index (χ0n) is 17.5. The van der Waals surface area contributed by atoms with Crippen LogP contribution in [0, 0.1) is 0 Å². The van der Waals surface area contributed by atoms with Crippen molar-refractivity contribution in [1.82, 2.24) is 9.80 Å². The van der Waals surface area contributed by atoms with E-state index in [9.17, 15) is 5.11 Å². The zero-order valence-corrected chi connectivity index (χ0v) is 17.5. The predicted molar refractivity (Wildman–Crippen MR) is 108 cm³/mol. The molecule has 6 nitrogen and oxygen atoms in total. The van der Waals surface area contributed by atoms with E-state index in [0.717, 1.165) is 32.6 Å². The van der Waals surface area contributed by atoms with Crippen molar-refractivity contribution in [3.8, 4) is 11.5 Å². The van der Waals surface area contributed by atoms with Gasteiger partial charge in [-0.15, -0.1) is 0 Å². The van der Waals surface area contributed by atoms with Crippen molar-refractivity contribution in [3.63, 3.8) is 0 Å². The number of ether oxygens (including phenoxy) is 3. The van der Waals surface area contributed by atoms with Crippen molar-refractivity contribution < 1.29 is 19.3 Å². The first-order valence-corrected chi connectivity index (χ1v) is 9.86. The Labute approximate surface area is 164 Å². The lowest BCUT2D eigenvalue weighted by Gasteiger charge is -2.31. The second kappa shape index (κ2) is 10.9. The highest BCUT2D eigenvalue weighted by Crippen LogP contribution is 2.29. The Morgan fingerprint density at radius 1 is 1.19 bits per heavy atom. The van der Waals surface area contributed by atoms with Gasteiger partial charge in [-0.25, -0.2) is 0 Å². The average molecular weight is 381 g/mol. The molecule has 1 fully saturated rings. The maximum Gasteiger partial charge on any atom is 0.161 e. The lowest BCUT2D eigenvalue weighted by atomic mass is 10.1. The van der Waals surface area contributed by atoms with Crippen LogP contribution in [0.2, 0.25) is 0 Å². The van der Waals surface area contributed by atoms with Crippen molar-refractivity contribution in [2.45, 2.75) is 51.4 Å². The lowest BCUT2D eigenvalue weighted by Crippen LogP contribution is -2.37. The van der Waals surface area contributed by atoms with Gasteiger partial charge in [0.2, 0.25) is 0 Å². The maximum absolute atomic E-state index is 10.2. The molecule has 0 aliphatic carbocycles. The molecule has 0 amide bonds. The van der Waals surface area contributed by atoms with Crippen molar-refractivity contribution >= 4 is 0 Å². The smallest absolute Gasteiger partial charge is 0.161 e. The fourth-order valence-corrected chi connectivity index (χ4v) is 3.25. The summed E-state index contributed by atoms with van der Waals surface area (Å²) >= 11 is 0. The summed E-state index contributed by atoms with van der Waals surface area (Å²) in [5, 5.41) is 10.2. The number of nitrogens with zero attached hydrogens (tertiary/aromatic N) is 2. The third-order valence-electron chi connectivity index (χ3n) is 5.29. The Balaban J connectivity index is 1.91. The van der Waals surface area contributed by atoms with Gasteiger partial charge in [0, 0.05) is 38.4 Å². The Hall–Kier alpha value is -1.34. The average Bonchev–Trinajstić information content (AvgIpc) is 2.67. The summed E-state index contributed by atoms with van der Waals surface area (Å²) < 4.78 is 16.8. The number of methoxy groups -OCH3 is 1. The minimum atomic E-state index is -0.540. The van der Waals surface area contributed by atoms with Crippen LogP contribution in [0.3, 0.4) is 0 Å². The van der Waals surface area contributed by atoms with E-state index < -0.39 is 6.10 Å². The molecule has 0 bridgehead atoms. The molecule has 1 atom stereocenters. The van der Waals surface area contributed by atoms with Crippen LogP contribution in [0.4, 0.5) is 0 Å². The van der Waals surface area contributed by atoms with Gasteiger partial charge in [0.25, 0.3) is 0 Å². The van der Waals surface area contributed by atoms with Gasteiger partial charge in [0.15, 0.2) is 11.5 Å². The van der Waals surface area contributed by atoms with Crippen LogP contribution in [0.5, 0.6) is 11.5 Å². The topological polar surface area (TPSA) is 54.4 Å². The molecular weight excluding hydrogens is 344 g/mol. The van der Waals surface area contributed by atoms with Gasteiger partial charge >= 0.3 is 0 Å². The van der Waals surface area contributed by atoms with Crippen molar-refractivity contribution in [3.05, 3.63) is 23.8 Å². The number of aliphatic hydroxyl groups excluding tert-OH is 1. The minimum Gasteiger partial charge on any atom is -0.493 e. The Morgan fingerprint density at radius 3 is 2.52 bits per heavy atom. The highest BCUT2D eigenvalue weighted by molar-refractivity contribution is 5.43. The standard InChI is InChI=1S/C21H36N2O4/c1-16(2)22(3)14-19(24)15-27-20-7-6-17(12-21(20)25-5)13-23(4)18-8-10-26-11-9-18/h6-7,12,16,18-19,24H,8-11,13-15H2,1-5H3/t19-/m1/s1. The molecule has 1 saturated heterocycles. The molecule has 27 heavy (non-hydrogen) atoms. The second-order valence-electron chi connectivity index (χ2n) is 7.74. The number of hydrogen-bond donors (Lipinski definition) is 1. The third-order valence-corrected chi connectivity index (χ3v) is 5.29. The molecule has 1 aliphatic heterocycles. The van der Waals surface area contributed by atoms with E-state index in [1.165, 1.54) is 5.56 Å². The lowest BCUT2D eigenvalue weighted by molar-refractivity contribution is 0.0406. The summed E-state index contributed by atoms with van der Waals surface area (Å²) in [5.41, 5.74) is 1.19. The summed E-state index contributed by atoms with van der Waals surface area (Å²) in [6.07, 6.45) is 1.62. The summed E-state index contributed by atoms with van der Waals surface area (Å²) in [4.78, 5) is 4.48. The summed E-state index contributed by atoms with van der Waals surface area (Å²) in [7, 11) is 5.81. The molecule has 0 saturated carbocycles. The van der Waals surface area contributed by atoms with E-state index in [-0.39, 0.29) is 6.61 Å². The molecule has 6 heteroatoms. The molecular formula is C21H36N2O4. The van der Waals surface area contributed by atoms with E-state index in [0.29, 0.717) is 30.1 Å². The number of aliphatic hydroxyl groups is 1. The number of rotatable bonds is 10. The molecule has 154 valence electrons. The maximum atomic E-state index is 10.2. The molecule has 1 N–H and O–H groups in total. The molecule has 1 aliphatic rings. The van der Waals surface area contributed by atoms with Crippen molar-refractivity contribution in [2.24, 2.45) is 0 Å². The van der Waals surface area contributed by atoms with E-state index in [4.69, 9.17) is 14.2 Å². The van der Waals surface area contributed by atoms with Crippen LogP contribution in [0.25, 0.3) is 0 Å². The first kappa shape index (κ1) is 22.0. The second-order valence-corrected chi connectivity index (χ2v) is 7.74. The fourth-order valence-electron chi connectivity index (χ4n) is 3.25. The molecule has 0 unspecified atom stereocenters. The van der Waals surface area contributed by atoms with Crippen LogP contribution < -0.4 is 9.47 Å². The van der Waals surface area contributed by atoms with Gasteiger partial charge in [0.05, 0.1) is 7.11 Å². The van der Waals surface area contributed by atoms with Crippen molar-refractivity contribution in [2.75, 3.05) is 47.6 Å². The fraction of sp³-hybridized carbons (Fsp3) is 0.714. The van der Waals surface area contributed by atoms with Gasteiger partial charge in [-0.1, -0.05) is 6.07 Å². The van der Waals surface area contributed by atoms with Crippen LogP contribution in [0.1, 0.15) is 32.3 Å². The van der Waals surface area contributed by atoms with Crippen LogP contribution in [-0.2, 0) is 11.3 Å². The number of benzene rings is 1. The van der Waals surface area contributed by atoms with Gasteiger partial charge in [-0.2, -0.15) is 0 Å². The van der Waals surface area contributed by atoms with E-state index in [1.807, 2.05) is 19.2 Å². The van der Waals surface area contributed by atoms with Crippen LogP contribution in [0.15, 0.2) is 18.2 Å². The van der Waals surface area contributed by atoms with Gasteiger partial charge in [0.1, 0.15) is 12.7 Å². The molecule has 1 aromatic carbocycles. The minimum absolute atomic E-state index is 0.245. The van der Waals surface area contributed by atoms with E-state index in [1.54, 1.807) is 7.11 Å². The molecule has 0 aromatic heterocycles. The predicted octanol–water partition coefficient (Wildman–Crippen LogP) is 2.39. The van der Waals surface area contributed by atoms with E-state index >= 15 is 0 Å². The van der Waals surface area contributed by atoms with Gasteiger partial charge in [-0.3, -0.25) is 4.90 Å². The van der Waals surface area contributed by atoms with Crippen LogP contribution in [-0.4, -0.2) is 80.7 Å². The first-order valence-electron chi connectivity index (χ1n) is 9.86. The third kappa shape index (κ3) is 6.96. The van der Waals surface area contributed by atoms with Crippen LogP contribution >= 0.6 is 0 Å². The van der Waals surface area contributed by atoms with Gasteiger partial charge < -0.3 is 24.2 Å². The molecule has 1 heterocycles. The largest absolute Gasteiger partial charge is 0.493 e. The molecule has 1 aromatic rings. The molecule has 0 spiro atoms. The normalized spacial score (nSPS) is 16.9. The SMILES string of the molecule is COc1cc(CN(C)C2CCOCC2)ccc1OC[C@H](O)CN(C)C(C)C. The summed E-state index contributed by atoms with van der Waals surface area (Å²) in [5.74, 6) is 1.37. The zero-order chi connectivity index (χ0) is 19.8. The summed E-state index contributed by atoms with van der Waals surface area (Å²) in [6.45, 7) is 7.59.